The molecule has 2 aliphatic rings. The van der Waals surface area contributed by atoms with Crippen LogP contribution in [0.25, 0.3) is 5.69 Å². The second-order valence-corrected chi connectivity index (χ2v) is 7.83. The van der Waals surface area contributed by atoms with Gasteiger partial charge in [-0.3, -0.25) is 9.78 Å². The van der Waals surface area contributed by atoms with Gasteiger partial charge in [0.2, 0.25) is 5.91 Å². The van der Waals surface area contributed by atoms with Crippen LogP contribution in [-0.4, -0.2) is 71.1 Å². The highest BCUT2D eigenvalue weighted by Crippen LogP contribution is 2.29. The maximum atomic E-state index is 13.1. The van der Waals surface area contributed by atoms with Crippen molar-refractivity contribution >= 4 is 11.6 Å². The first-order valence-corrected chi connectivity index (χ1v) is 10.3. The van der Waals surface area contributed by atoms with Crippen LogP contribution >= 0.6 is 0 Å². The summed E-state index contributed by atoms with van der Waals surface area (Å²) < 4.78 is 20.3. The first-order valence-electron chi connectivity index (χ1n) is 10.3. The topological polar surface area (TPSA) is 63.5 Å². The van der Waals surface area contributed by atoms with Crippen LogP contribution in [0.2, 0.25) is 0 Å². The number of nitrogens with zero attached hydrogens (tertiary/aromatic N) is 5. The molecule has 29 heavy (non-hydrogen) atoms. The third-order valence-corrected chi connectivity index (χ3v) is 5.88. The van der Waals surface area contributed by atoms with Gasteiger partial charge in [0.15, 0.2) is 0 Å². The summed E-state index contributed by atoms with van der Waals surface area (Å²) in [6.07, 6.45) is 9.76. The molecule has 2 aromatic rings. The molecule has 2 saturated heterocycles. The highest BCUT2D eigenvalue weighted by atomic mass is 19.1. The smallest absolute Gasteiger partial charge is 0.226 e. The fourth-order valence-corrected chi connectivity index (χ4v) is 4.29. The van der Waals surface area contributed by atoms with Crippen molar-refractivity contribution in [2.24, 2.45) is 5.92 Å². The zero-order valence-corrected chi connectivity index (χ0v) is 16.8. The monoisotopic (exact) mass is 401 g/mol. The zero-order valence-electron chi connectivity index (χ0n) is 16.8. The van der Waals surface area contributed by atoms with E-state index in [1.54, 1.807) is 11.1 Å². The van der Waals surface area contributed by atoms with Gasteiger partial charge in [-0.15, -0.1) is 0 Å². The summed E-state index contributed by atoms with van der Waals surface area (Å²) >= 11 is 0. The quantitative estimate of drug-likeness (QED) is 0.744. The van der Waals surface area contributed by atoms with Gasteiger partial charge in [-0.25, -0.2) is 9.07 Å². The minimum absolute atomic E-state index is 0.0178. The number of aryl methyl sites for hydroxylation is 1. The third kappa shape index (κ3) is 4.27. The Labute approximate surface area is 170 Å². The molecular weight excluding hydrogens is 373 g/mol. The van der Waals surface area contributed by atoms with Crippen molar-refractivity contribution in [1.82, 2.24) is 19.7 Å². The first-order chi connectivity index (χ1) is 14.2. The fourth-order valence-electron chi connectivity index (χ4n) is 4.29. The van der Waals surface area contributed by atoms with E-state index in [-0.39, 0.29) is 24.4 Å². The Morgan fingerprint density at radius 3 is 2.76 bits per heavy atom. The molecule has 4 heterocycles. The van der Waals surface area contributed by atoms with E-state index < -0.39 is 6.67 Å². The molecule has 0 aliphatic carbocycles. The Morgan fingerprint density at radius 2 is 2.10 bits per heavy atom. The molecular formula is C21H28FN5O2. The largest absolute Gasteiger partial charge is 0.379 e. The van der Waals surface area contributed by atoms with Gasteiger partial charge in [-0.2, -0.15) is 5.10 Å². The van der Waals surface area contributed by atoms with Crippen LogP contribution in [0.4, 0.5) is 10.1 Å². The van der Waals surface area contributed by atoms with Gasteiger partial charge >= 0.3 is 0 Å². The van der Waals surface area contributed by atoms with Gasteiger partial charge in [0.05, 0.1) is 36.4 Å². The molecule has 0 N–H and O–H groups in total. The van der Waals surface area contributed by atoms with E-state index in [4.69, 9.17) is 4.74 Å². The van der Waals surface area contributed by atoms with E-state index in [1.807, 2.05) is 36.3 Å². The minimum Gasteiger partial charge on any atom is -0.379 e. The average Bonchev–Trinajstić information content (AvgIpc) is 3.44. The number of rotatable bonds is 6. The molecule has 7 nitrogen and oxygen atoms in total. The molecule has 0 radical (unpaired) electrons. The molecule has 0 spiro atoms. The maximum absolute atomic E-state index is 13.1. The Morgan fingerprint density at radius 1 is 1.28 bits per heavy atom. The fraction of sp³-hybridized carbons (Fsp3) is 0.571. The minimum atomic E-state index is -0.510. The van der Waals surface area contributed by atoms with Crippen molar-refractivity contribution in [2.75, 3.05) is 44.4 Å². The molecule has 0 aromatic carbocycles. The molecule has 2 fully saturated rings. The van der Waals surface area contributed by atoms with Crippen molar-refractivity contribution in [3.05, 3.63) is 36.4 Å². The predicted molar refractivity (Wildman–Crippen MR) is 108 cm³/mol. The van der Waals surface area contributed by atoms with Crippen LogP contribution in [0.15, 0.2) is 30.9 Å². The number of ether oxygens (including phenoxy) is 1. The van der Waals surface area contributed by atoms with Gasteiger partial charge in [-0.05, 0) is 37.8 Å². The lowest BCUT2D eigenvalue weighted by atomic mass is 9.94. The number of alkyl halides is 1. The summed E-state index contributed by atoms with van der Waals surface area (Å²) in [6.45, 7) is 4.37. The zero-order chi connectivity index (χ0) is 20.2. The van der Waals surface area contributed by atoms with Crippen molar-refractivity contribution in [2.45, 2.75) is 32.2 Å². The lowest BCUT2D eigenvalue weighted by Gasteiger charge is -2.37. The molecule has 0 bridgehead atoms. The highest BCUT2D eigenvalue weighted by Gasteiger charge is 2.34. The summed E-state index contributed by atoms with van der Waals surface area (Å²) in [6, 6.07) is 1.98. The predicted octanol–water partition coefficient (Wildman–Crippen LogP) is 2.38. The van der Waals surface area contributed by atoms with E-state index in [9.17, 15) is 9.18 Å². The summed E-state index contributed by atoms with van der Waals surface area (Å²) in [5.41, 5.74) is 3.10. The molecule has 1 unspecified atom stereocenters. The summed E-state index contributed by atoms with van der Waals surface area (Å²) in [7, 11) is 0. The lowest BCUT2D eigenvalue weighted by molar-refractivity contribution is -0.138. The van der Waals surface area contributed by atoms with Crippen molar-refractivity contribution in [1.29, 1.82) is 0 Å². The van der Waals surface area contributed by atoms with Gasteiger partial charge in [-0.1, -0.05) is 0 Å². The number of hydrogen-bond acceptors (Lipinski definition) is 5. The van der Waals surface area contributed by atoms with Crippen molar-refractivity contribution in [3.8, 4) is 5.69 Å². The van der Waals surface area contributed by atoms with Crippen molar-refractivity contribution in [3.63, 3.8) is 0 Å². The molecule has 8 heteroatoms. The normalized spacial score (nSPS) is 20.2. The van der Waals surface area contributed by atoms with Crippen LogP contribution in [-0.2, 0) is 9.53 Å². The summed E-state index contributed by atoms with van der Waals surface area (Å²) in [5.74, 6) is 0.0115. The number of halogens is 1. The molecule has 1 amide bonds. The molecule has 156 valence electrons. The second-order valence-electron chi connectivity index (χ2n) is 7.83. The highest BCUT2D eigenvalue weighted by molar-refractivity contribution is 5.79. The van der Waals surface area contributed by atoms with Crippen LogP contribution < -0.4 is 4.90 Å². The molecule has 2 aliphatic heterocycles. The lowest BCUT2D eigenvalue weighted by Crippen LogP contribution is -2.48. The maximum Gasteiger partial charge on any atom is 0.226 e. The number of piperidine rings is 1. The number of anilines is 1. The van der Waals surface area contributed by atoms with Gasteiger partial charge in [0, 0.05) is 44.6 Å². The van der Waals surface area contributed by atoms with Gasteiger partial charge in [0.25, 0.3) is 0 Å². The average molecular weight is 401 g/mol. The third-order valence-electron chi connectivity index (χ3n) is 5.88. The molecule has 2 aromatic heterocycles. The molecule has 4 rings (SSSR count). The standard InChI is InChI=1S/C21H28FN5O2/c1-16-12-24-27(14-16)19-2-7-23-13-20(19)25-8-3-17(4-9-25)21(28)26(10-6-22)18-5-11-29-15-18/h2,7,12-14,17-18H,3-6,8-11,15H2,1H3. The SMILES string of the molecule is Cc1cnn(-c2ccncc2N2CCC(C(=O)N(CCF)C3CCOC3)CC2)c1. The first kappa shape index (κ1) is 19.8. The number of pyridine rings is 1. The summed E-state index contributed by atoms with van der Waals surface area (Å²) in [5, 5.41) is 4.43. The van der Waals surface area contributed by atoms with Crippen LogP contribution in [0, 0.1) is 12.8 Å². The van der Waals surface area contributed by atoms with Crippen LogP contribution in [0.3, 0.4) is 0 Å². The molecule has 1 atom stereocenters. The number of amides is 1. The van der Waals surface area contributed by atoms with Crippen LogP contribution in [0.1, 0.15) is 24.8 Å². The Balaban J connectivity index is 1.44. The number of aromatic nitrogens is 3. The van der Waals surface area contributed by atoms with Crippen LogP contribution in [0.5, 0.6) is 0 Å². The van der Waals surface area contributed by atoms with Gasteiger partial charge < -0.3 is 14.5 Å². The summed E-state index contributed by atoms with van der Waals surface area (Å²) in [4.78, 5) is 21.3. The van der Waals surface area contributed by atoms with E-state index >= 15 is 0 Å². The van der Waals surface area contributed by atoms with E-state index in [1.165, 1.54) is 0 Å². The van der Waals surface area contributed by atoms with Crippen molar-refractivity contribution < 1.29 is 13.9 Å². The van der Waals surface area contributed by atoms with E-state index in [0.717, 1.165) is 49.3 Å². The number of hydrogen-bond donors (Lipinski definition) is 0. The Kier molecular flexibility index (Phi) is 6.08. The molecule has 0 saturated carbocycles. The van der Waals surface area contributed by atoms with Gasteiger partial charge in [0.1, 0.15) is 6.67 Å². The Bertz CT molecular complexity index is 828. The van der Waals surface area contributed by atoms with E-state index in [2.05, 4.69) is 15.0 Å². The second kappa shape index (κ2) is 8.90. The number of carbonyl (C=O) groups excluding carboxylic acids is 1. The van der Waals surface area contributed by atoms with E-state index in [0.29, 0.717) is 13.2 Å². The number of carbonyl (C=O) groups is 1. The Hall–Kier alpha value is -2.48.